The third-order valence-corrected chi connectivity index (χ3v) is 4.62. The first-order chi connectivity index (χ1) is 9.17. The van der Waals surface area contributed by atoms with E-state index in [1.165, 1.54) is 24.8 Å². The maximum atomic E-state index is 12.3. The van der Waals surface area contributed by atoms with Crippen LogP contribution in [-0.2, 0) is 4.79 Å². The Morgan fingerprint density at radius 3 is 2.35 bits per heavy atom. The van der Waals surface area contributed by atoms with E-state index in [1.807, 2.05) is 13.8 Å². The second-order valence-corrected chi connectivity index (χ2v) is 7.61. The fourth-order valence-electron chi connectivity index (χ4n) is 2.91. The summed E-state index contributed by atoms with van der Waals surface area (Å²) in [5.74, 6) is 1.10. The van der Waals surface area contributed by atoms with Crippen LogP contribution in [0.5, 0.6) is 0 Å². The first kappa shape index (κ1) is 17.3. The first-order valence-electron chi connectivity index (χ1n) is 8.11. The lowest BCUT2D eigenvalue weighted by Gasteiger charge is -2.29. The van der Waals surface area contributed by atoms with Gasteiger partial charge in [0.05, 0.1) is 0 Å². The number of rotatable bonds is 7. The highest BCUT2D eigenvalue weighted by molar-refractivity contribution is 5.78. The minimum Gasteiger partial charge on any atom is -0.340 e. The zero-order valence-electron chi connectivity index (χ0n) is 14.5. The number of allylic oxidation sites excluding steroid dienone is 2. The van der Waals surface area contributed by atoms with E-state index < -0.39 is 0 Å². The van der Waals surface area contributed by atoms with E-state index in [9.17, 15) is 4.79 Å². The second kappa shape index (κ2) is 6.78. The highest BCUT2D eigenvalue weighted by Crippen LogP contribution is 2.56. The Bertz CT molecular complexity index is 366. The largest absolute Gasteiger partial charge is 0.340 e. The van der Waals surface area contributed by atoms with Gasteiger partial charge in [-0.2, -0.15) is 0 Å². The van der Waals surface area contributed by atoms with E-state index in [4.69, 9.17) is 0 Å². The summed E-state index contributed by atoms with van der Waals surface area (Å²) in [4.78, 5) is 14.4. The van der Waals surface area contributed by atoms with Crippen LogP contribution in [0.2, 0.25) is 0 Å². The topological polar surface area (TPSA) is 20.3 Å². The molecule has 1 rings (SSSR count). The van der Waals surface area contributed by atoms with Gasteiger partial charge in [0.1, 0.15) is 0 Å². The molecule has 2 nitrogen and oxygen atoms in total. The van der Waals surface area contributed by atoms with Crippen molar-refractivity contribution in [1.82, 2.24) is 4.90 Å². The number of carbonyl (C=O) groups excluding carboxylic acids is 1. The molecule has 0 aliphatic heterocycles. The van der Waals surface area contributed by atoms with Crippen LogP contribution in [-0.4, -0.2) is 23.4 Å². The normalized spacial score (nSPS) is 24.9. The Hall–Kier alpha value is -0.790. The predicted octanol–water partition coefficient (Wildman–Crippen LogP) is 4.65. The highest BCUT2D eigenvalue weighted by Gasteiger charge is 2.50. The van der Waals surface area contributed by atoms with Crippen molar-refractivity contribution in [2.45, 2.75) is 73.8 Å². The molecule has 1 amide bonds. The lowest BCUT2D eigenvalue weighted by atomic mass is 9.98. The van der Waals surface area contributed by atoms with Crippen molar-refractivity contribution >= 4 is 5.91 Å². The van der Waals surface area contributed by atoms with Gasteiger partial charge in [0.15, 0.2) is 0 Å². The summed E-state index contributed by atoms with van der Waals surface area (Å²) in [6.07, 6.45) is 6.04. The van der Waals surface area contributed by atoms with Crippen LogP contribution in [0, 0.1) is 17.3 Å². The van der Waals surface area contributed by atoms with Crippen molar-refractivity contribution in [1.29, 1.82) is 0 Å². The number of hydrogen-bond donors (Lipinski definition) is 0. The van der Waals surface area contributed by atoms with E-state index in [-0.39, 0.29) is 5.92 Å². The molecule has 2 unspecified atom stereocenters. The van der Waals surface area contributed by atoms with Gasteiger partial charge in [-0.25, -0.2) is 0 Å². The molecule has 2 atom stereocenters. The molecule has 20 heavy (non-hydrogen) atoms. The van der Waals surface area contributed by atoms with Crippen LogP contribution in [0.3, 0.4) is 0 Å². The molecule has 0 aromatic carbocycles. The molecule has 1 aliphatic rings. The fraction of sp³-hybridized carbons (Fsp3) is 0.833. The average Bonchev–Trinajstić information content (AvgIpc) is 2.95. The van der Waals surface area contributed by atoms with Crippen molar-refractivity contribution in [3.05, 3.63) is 11.6 Å². The smallest absolute Gasteiger partial charge is 0.225 e. The molecule has 0 heterocycles. The van der Waals surface area contributed by atoms with Crippen molar-refractivity contribution in [2.75, 3.05) is 6.54 Å². The van der Waals surface area contributed by atoms with Crippen LogP contribution in [0.1, 0.15) is 67.7 Å². The summed E-state index contributed by atoms with van der Waals surface area (Å²) < 4.78 is 0. The molecule has 0 N–H and O–H groups in total. The predicted molar refractivity (Wildman–Crippen MR) is 86.6 cm³/mol. The molecule has 0 aromatic heterocycles. The number of nitrogens with zero attached hydrogens (tertiary/aromatic N) is 1. The molecule has 116 valence electrons. The van der Waals surface area contributed by atoms with Gasteiger partial charge in [-0.05, 0) is 58.3 Å². The molecule has 0 radical (unpaired) electrons. The van der Waals surface area contributed by atoms with Crippen LogP contribution in [0.15, 0.2) is 11.6 Å². The first-order valence-corrected chi connectivity index (χ1v) is 8.11. The number of amides is 1. The Kier molecular flexibility index (Phi) is 5.85. The quantitative estimate of drug-likeness (QED) is 0.621. The van der Waals surface area contributed by atoms with Gasteiger partial charge in [0.2, 0.25) is 5.91 Å². The van der Waals surface area contributed by atoms with E-state index in [0.29, 0.717) is 23.3 Å². The molecular weight excluding hydrogens is 246 g/mol. The summed E-state index contributed by atoms with van der Waals surface area (Å²) in [5, 5.41) is 0. The van der Waals surface area contributed by atoms with Gasteiger partial charge in [0, 0.05) is 18.5 Å². The van der Waals surface area contributed by atoms with Gasteiger partial charge in [0.25, 0.3) is 0 Å². The lowest BCUT2D eigenvalue weighted by Crippen LogP contribution is -2.41. The van der Waals surface area contributed by atoms with Crippen molar-refractivity contribution < 1.29 is 4.79 Å². The molecule has 2 heteroatoms. The monoisotopic (exact) mass is 279 g/mol. The average molecular weight is 279 g/mol. The molecule has 0 bridgehead atoms. The molecule has 1 aliphatic carbocycles. The summed E-state index contributed by atoms with van der Waals surface area (Å²) >= 11 is 0. The standard InChI is InChI=1S/C18H33NO/c1-13(2)9-8-10-18(7)11-16(18)12-19(15(5)6)17(20)14(3)4/h9,14-16H,8,10-12H2,1-7H3. The molecule has 1 fully saturated rings. The van der Waals surface area contributed by atoms with Crippen LogP contribution in [0.25, 0.3) is 0 Å². The van der Waals surface area contributed by atoms with Crippen molar-refractivity contribution in [3.63, 3.8) is 0 Å². The Morgan fingerprint density at radius 2 is 1.90 bits per heavy atom. The van der Waals surface area contributed by atoms with Gasteiger partial charge in [-0.15, -0.1) is 0 Å². The zero-order chi connectivity index (χ0) is 15.5. The van der Waals surface area contributed by atoms with Gasteiger partial charge >= 0.3 is 0 Å². The fourth-order valence-corrected chi connectivity index (χ4v) is 2.91. The maximum absolute atomic E-state index is 12.3. The lowest BCUT2D eigenvalue weighted by molar-refractivity contribution is -0.136. The molecule has 0 aromatic rings. The number of carbonyl (C=O) groups is 1. The van der Waals surface area contributed by atoms with Gasteiger partial charge < -0.3 is 4.90 Å². The minimum atomic E-state index is 0.105. The Labute approximate surface area is 125 Å². The van der Waals surface area contributed by atoms with Crippen molar-refractivity contribution in [2.24, 2.45) is 17.3 Å². The molecular formula is C18H33NO. The summed E-state index contributed by atoms with van der Waals surface area (Å²) in [6.45, 7) is 15.9. The summed E-state index contributed by atoms with van der Waals surface area (Å²) in [7, 11) is 0. The third kappa shape index (κ3) is 4.64. The molecule has 1 saturated carbocycles. The SMILES string of the molecule is CC(C)=CCCC1(C)CC1CN(C(=O)C(C)C)C(C)C. The van der Waals surface area contributed by atoms with E-state index >= 15 is 0 Å². The van der Waals surface area contributed by atoms with E-state index in [2.05, 4.69) is 45.6 Å². The third-order valence-electron chi connectivity index (χ3n) is 4.62. The van der Waals surface area contributed by atoms with E-state index in [0.717, 1.165) is 6.54 Å². The second-order valence-electron chi connectivity index (χ2n) is 7.61. The van der Waals surface area contributed by atoms with Gasteiger partial charge in [-0.3, -0.25) is 4.79 Å². The maximum Gasteiger partial charge on any atom is 0.225 e. The Morgan fingerprint density at radius 1 is 1.30 bits per heavy atom. The van der Waals surface area contributed by atoms with Crippen molar-refractivity contribution in [3.8, 4) is 0 Å². The van der Waals surface area contributed by atoms with Crippen LogP contribution < -0.4 is 0 Å². The molecule has 0 spiro atoms. The Balaban J connectivity index is 2.52. The van der Waals surface area contributed by atoms with Crippen LogP contribution in [0.4, 0.5) is 0 Å². The summed E-state index contributed by atoms with van der Waals surface area (Å²) in [6, 6.07) is 0.313. The highest BCUT2D eigenvalue weighted by atomic mass is 16.2. The summed E-state index contributed by atoms with van der Waals surface area (Å²) in [5.41, 5.74) is 1.86. The minimum absolute atomic E-state index is 0.105. The van der Waals surface area contributed by atoms with Gasteiger partial charge in [-0.1, -0.05) is 32.4 Å². The molecule has 0 saturated heterocycles. The zero-order valence-corrected chi connectivity index (χ0v) is 14.5. The number of hydrogen-bond acceptors (Lipinski definition) is 1. The van der Waals surface area contributed by atoms with E-state index in [1.54, 1.807) is 0 Å². The van der Waals surface area contributed by atoms with Crippen LogP contribution >= 0.6 is 0 Å².